The van der Waals surface area contributed by atoms with E-state index in [4.69, 9.17) is 25.8 Å². The van der Waals surface area contributed by atoms with Crippen molar-refractivity contribution in [1.29, 1.82) is 0 Å². The Morgan fingerprint density at radius 3 is 2.61 bits per heavy atom. The number of amides is 1. The van der Waals surface area contributed by atoms with Crippen LogP contribution in [0.1, 0.15) is 24.1 Å². The van der Waals surface area contributed by atoms with Crippen molar-refractivity contribution in [2.24, 2.45) is 0 Å². The molecule has 1 heterocycles. The maximum atomic E-state index is 12.0. The van der Waals surface area contributed by atoms with E-state index in [1.165, 1.54) is 6.08 Å². The van der Waals surface area contributed by atoms with Crippen molar-refractivity contribution in [3.05, 3.63) is 64.7 Å². The number of esters is 1. The molecule has 0 aromatic heterocycles. The zero-order valence-corrected chi connectivity index (χ0v) is 16.1. The third kappa shape index (κ3) is 5.50. The molecule has 2 aromatic carbocycles. The van der Waals surface area contributed by atoms with Crippen LogP contribution in [-0.2, 0) is 14.3 Å². The van der Waals surface area contributed by atoms with E-state index in [9.17, 15) is 9.59 Å². The molecule has 2 aromatic rings. The molecular weight excluding hydrogens is 382 g/mol. The molecule has 28 heavy (non-hydrogen) atoms. The minimum absolute atomic E-state index is 0.225. The van der Waals surface area contributed by atoms with Crippen LogP contribution in [-0.4, -0.2) is 31.7 Å². The van der Waals surface area contributed by atoms with E-state index in [1.54, 1.807) is 36.4 Å². The van der Waals surface area contributed by atoms with Gasteiger partial charge in [0, 0.05) is 11.1 Å². The smallest absolute Gasteiger partial charge is 0.331 e. The molecule has 1 aliphatic rings. The maximum absolute atomic E-state index is 12.0. The van der Waals surface area contributed by atoms with E-state index in [-0.39, 0.29) is 18.6 Å². The first kappa shape index (κ1) is 19.8. The van der Waals surface area contributed by atoms with E-state index >= 15 is 0 Å². The molecule has 0 saturated heterocycles. The van der Waals surface area contributed by atoms with Crippen molar-refractivity contribution in [3.8, 4) is 11.5 Å². The van der Waals surface area contributed by atoms with Crippen LogP contribution >= 0.6 is 11.6 Å². The number of carbonyl (C=O) groups is 2. The predicted molar refractivity (Wildman–Crippen MR) is 105 cm³/mol. The summed E-state index contributed by atoms with van der Waals surface area (Å²) in [5, 5.41) is 3.39. The van der Waals surface area contributed by atoms with Crippen molar-refractivity contribution in [3.63, 3.8) is 0 Å². The van der Waals surface area contributed by atoms with Crippen LogP contribution in [0.15, 0.2) is 48.5 Å². The number of carbonyl (C=O) groups excluding carboxylic acids is 2. The molecule has 0 aliphatic carbocycles. The highest BCUT2D eigenvalue weighted by atomic mass is 35.5. The third-order valence-electron chi connectivity index (χ3n) is 4.07. The SMILES string of the molecule is C[C@H](NC(=O)COC(=O)/C=C/c1ccc2c(c1)OCCO2)c1ccc(Cl)cc1. The lowest BCUT2D eigenvalue weighted by atomic mass is 10.1. The topological polar surface area (TPSA) is 73.9 Å². The van der Waals surface area contributed by atoms with E-state index in [0.717, 1.165) is 11.1 Å². The largest absolute Gasteiger partial charge is 0.486 e. The molecule has 1 N–H and O–H groups in total. The Bertz CT molecular complexity index is 879. The van der Waals surface area contributed by atoms with Crippen LogP contribution in [0.25, 0.3) is 6.08 Å². The molecule has 0 bridgehead atoms. The van der Waals surface area contributed by atoms with Crippen LogP contribution in [0.2, 0.25) is 5.02 Å². The highest BCUT2D eigenvalue weighted by Crippen LogP contribution is 2.31. The molecule has 6 nitrogen and oxygen atoms in total. The fourth-order valence-corrected chi connectivity index (χ4v) is 2.76. The number of fused-ring (bicyclic) bond motifs is 1. The normalized spacial score (nSPS) is 13.8. The van der Waals surface area contributed by atoms with E-state index in [0.29, 0.717) is 29.7 Å². The number of ether oxygens (including phenoxy) is 3. The Labute approximate surface area is 168 Å². The van der Waals surface area contributed by atoms with Gasteiger partial charge in [-0.15, -0.1) is 0 Å². The summed E-state index contributed by atoms with van der Waals surface area (Å²) in [6.45, 7) is 2.49. The summed E-state index contributed by atoms with van der Waals surface area (Å²) in [5.74, 6) is 0.322. The molecule has 1 atom stereocenters. The Kier molecular flexibility index (Phi) is 6.55. The zero-order valence-electron chi connectivity index (χ0n) is 15.3. The Balaban J connectivity index is 1.46. The Hall–Kier alpha value is -2.99. The maximum Gasteiger partial charge on any atom is 0.331 e. The highest BCUT2D eigenvalue weighted by Gasteiger charge is 2.12. The summed E-state index contributed by atoms with van der Waals surface area (Å²) in [6, 6.07) is 12.3. The Morgan fingerprint density at radius 2 is 1.86 bits per heavy atom. The van der Waals surface area contributed by atoms with Crippen molar-refractivity contribution in [1.82, 2.24) is 5.32 Å². The molecule has 0 fully saturated rings. The second-order valence-corrected chi connectivity index (χ2v) is 6.62. The van der Waals surface area contributed by atoms with Crippen LogP contribution in [0.5, 0.6) is 11.5 Å². The molecule has 1 aliphatic heterocycles. The second-order valence-electron chi connectivity index (χ2n) is 6.18. The Morgan fingerprint density at radius 1 is 1.14 bits per heavy atom. The fraction of sp³-hybridized carbons (Fsp3) is 0.238. The van der Waals surface area contributed by atoms with Gasteiger partial charge < -0.3 is 19.5 Å². The van der Waals surface area contributed by atoms with Crippen molar-refractivity contribution < 1.29 is 23.8 Å². The van der Waals surface area contributed by atoms with Gasteiger partial charge in [-0.2, -0.15) is 0 Å². The average Bonchev–Trinajstić information content (AvgIpc) is 2.71. The van der Waals surface area contributed by atoms with Crippen molar-refractivity contribution in [2.75, 3.05) is 19.8 Å². The third-order valence-corrected chi connectivity index (χ3v) is 4.32. The molecule has 1 amide bonds. The van der Waals surface area contributed by atoms with Crippen LogP contribution in [0.3, 0.4) is 0 Å². The summed E-state index contributed by atoms with van der Waals surface area (Å²) < 4.78 is 15.9. The number of halogens is 1. The summed E-state index contributed by atoms with van der Waals surface area (Å²) in [7, 11) is 0. The molecule has 3 rings (SSSR count). The van der Waals surface area contributed by atoms with Gasteiger partial charge in [-0.3, -0.25) is 4.79 Å². The van der Waals surface area contributed by atoms with Crippen LogP contribution in [0, 0.1) is 0 Å². The minimum Gasteiger partial charge on any atom is -0.486 e. The number of hydrogen-bond donors (Lipinski definition) is 1. The minimum atomic E-state index is -0.607. The van der Waals surface area contributed by atoms with E-state index in [1.807, 2.05) is 19.1 Å². The first-order valence-corrected chi connectivity index (χ1v) is 9.18. The predicted octanol–water partition coefficient (Wildman–Crippen LogP) is 3.55. The summed E-state index contributed by atoms with van der Waals surface area (Å²) in [6.07, 6.45) is 2.86. The first-order valence-electron chi connectivity index (χ1n) is 8.80. The zero-order chi connectivity index (χ0) is 19.9. The molecule has 146 valence electrons. The lowest BCUT2D eigenvalue weighted by Crippen LogP contribution is -2.30. The van der Waals surface area contributed by atoms with Crippen LogP contribution in [0.4, 0.5) is 0 Å². The second kappa shape index (κ2) is 9.28. The van der Waals surface area contributed by atoms with E-state index in [2.05, 4.69) is 5.32 Å². The summed E-state index contributed by atoms with van der Waals surface area (Å²) >= 11 is 5.85. The van der Waals surface area contributed by atoms with Gasteiger partial charge in [-0.05, 0) is 48.4 Å². The fourth-order valence-electron chi connectivity index (χ4n) is 2.63. The number of nitrogens with one attached hydrogen (secondary N) is 1. The molecule has 7 heteroatoms. The standard InChI is InChI=1S/C21H20ClNO5/c1-14(16-4-6-17(22)7-5-16)23-20(24)13-28-21(25)9-3-15-2-8-18-19(12-15)27-11-10-26-18/h2-9,12,14H,10-11,13H2,1H3,(H,23,24)/b9-3+/t14-/m0/s1. The van der Waals surface area contributed by atoms with Gasteiger partial charge in [0.2, 0.25) is 0 Å². The molecular formula is C21H20ClNO5. The van der Waals surface area contributed by atoms with Gasteiger partial charge in [0.15, 0.2) is 18.1 Å². The van der Waals surface area contributed by atoms with Crippen LogP contribution < -0.4 is 14.8 Å². The lowest BCUT2D eigenvalue weighted by molar-refractivity contribution is -0.144. The van der Waals surface area contributed by atoms with E-state index < -0.39 is 5.97 Å². The van der Waals surface area contributed by atoms with Gasteiger partial charge in [0.05, 0.1) is 6.04 Å². The molecule has 0 radical (unpaired) electrons. The first-order chi connectivity index (χ1) is 13.5. The summed E-state index contributed by atoms with van der Waals surface area (Å²) in [5.41, 5.74) is 1.67. The quantitative estimate of drug-likeness (QED) is 0.592. The van der Waals surface area contributed by atoms with Crippen molar-refractivity contribution >= 4 is 29.6 Å². The summed E-state index contributed by atoms with van der Waals surface area (Å²) in [4.78, 5) is 23.8. The molecule has 0 spiro atoms. The number of benzene rings is 2. The van der Waals surface area contributed by atoms with Gasteiger partial charge in [0.1, 0.15) is 13.2 Å². The lowest BCUT2D eigenvalue weighted by Gasteiger charge is -2.18. The number of rotatable bonds is 6. The molecule has 0 saturated carbocycles. The number of hydrogen-bond acceptors (Lipinski definition) is 5. The van der Waals surface area contributed by atoms with Gasteiger partial charge >= 0.3 is 5.97 Å². The monoisotopic (exact) mass is 401 g/mol. The molecule has 0 unspecified atom stereocenters. The van der Waals surface area contributed by atoms with Gasteiger partial charge in [-0.1, -0.05) is 29.8 Å². The van der Waals surface area contributed by atoms with Gasteiger partial charge in [-0.25, -0.2) is 4.79 Å². The van der Waals surface area contributed by atoms with Crippen molar-refractivity contribution in [2.45, 2.75) is 13.0 Å². The average molecular weight is 402 g/mol. The highest BCUT2D eigenvalue weighted by molar-refractivity contribution is 6.30. The van der Waals surface area contributed by atoms with Gasteiger partial charge in [0.25, 0.3) is 5.91 Å².